The van der Waals surface area contributed by atoms with Gasteiger partial charge in [-0.15, -0.1) is 0 Å². The fraction of sp³-hybridized carbons (Fsp3) is 0.462. The van der Waals surface area contributed by atoms with E-state index in [1.165, 1.54) is 12.3 Å². The molecule has 1 aliphatic rings. The molecular weight excluding hydrogens is 243 g/mol. The Morgan fingerprint density at radius 2 is 2.37 bits per heavy atom. The molecule has 2 aromatic rings. The summed E-state index contributed by atoms with van der Waals surface area (Å²) in [7, 11) is -1.87. The van der Waals surface area contributed by atoms with Crippen molar-refractivity contribution >= 4 is 23.5 Å². The maximum atomic E-state index is 9.62. The van der Waals surface area contributed by atoms with Crippen molar-refractivity contribution in [1.82, 2.24) is 9.78 Å². The Hall–Kier alpha value is -1.37. The molecule has 0 spiro atoms. The number of hydrogen-bond donors (Lipinski definition) is 2. The molecule has 0 aliphatic carbocycles. The van der Waals surface area contributed by atoms with Crippen LogP contribution in [0.2, 0.25) is 0 Å². The summed E-state index contributed by atoms with van der Waals surface area (Å²) in [5.41, 5.74) is 0.557. The van der Waals surface area contributed by atoms with Crippen molar-refractivity contribution in [3.63, 3.8) is 0 Å². The summed E-state index contributed by atoms with van der Waals surface area (Å²) in [5, 5.41) is 23.9. The largest absolute Gasteiger partial charge is 0.489 e. The maximum Gasteiger partial charge on any atom is 0.489 e. The average molecular weight is 263 g/mol. The Morgan fingerprint density at radius 1 is 1.47 bits per heavy atom. The number of ether oxygens (including phenoxy) is 1. The topological polar surface area (TPSA) is 67.5 Å². The van der Waals surface area contributed by atoms with Crippen LogP contribution in [0.5, 0.6) is 0 Å². The van der Waals surface area contributed by atoms with Crippen molar-refractivity contribution in [1.29, 1.82) is 0 Å². The number of nitrogens with zero attached hydrogens (tertiary/aromatic N) is 2. The van der Waals surface area contributed by atoms with Gasteiger partial charge in [0.1, 0.15) is 0 Å². The van der Waals surface area contributed by atoms with E-state index in [4.69, 9.17) is 8.85 Å². The van der Waals surface area contributed by atoms with E-state index in [9.17, 15) is 10.0 Å². The number of aromatic nitrogens is 2. The molecule has 6 heteroatoms. The first kappa shape index (κ1) is 9.52. The molecule has 1 unspecified atom stereocenters. The van der Waals surface area contributed by atoms with Crippen LogP contribution in [-0.2, 0) is 4.74 Å². The minimum Gasteiger partial charge on any atom is -0.423 e. The first-order valence-corrected chi connectivity index (χ1v) is 6.38. The van der Waals surface area contributed by atoms with Gasteiger partial charge in [-0.1, -0.05) is 11.6 Å². The lowest BCUT2D eigenvalue weighted by Crippen LogP contribution is -2.32. The zero-order valence-corrected chi connectivity index (χ0v) is 10.4. The summed E-state index contributed by atoms with van der Waals surface area (Å²) in [4.78, 5) is 0. The molecule has 2 heterocycles. The third-order valence-electron chi connectivity index (χ3n) is 3.51. The molecule has 1 saturated heterocycles. The number of fused-ring (bicyclic) bond motifs is 1. The minimum atomic E-state index is -2.42. The van der Waals surface area contributed by atoms with Gasteiger partial charge in [0.25, 0.3) is 0 Å². The predicted molar refractivity (Wildman–Crippen MR) is 73.1 cm³/mol. The fourth-order valence-corrected chi connectivity index (χ4v) is 2.57. The van der Waals surface area contributed by atoms with Crippen LogP contribution < -0.4 is 5.46 Å². The lowest BCUT2D eigenvalue weighted by molar-refractivity contribution is -0.0366. The molecule has 19 heavy (non-hydrogen) atoms. The molecule has 0 saturated carbocycles. The maximum absolute atomic E-state index is 9.62. The van der Waals surface area contributed by atoms with Crippen molar-refractivity contribution in [3.05, 3.63) is 23.9 Å². The lowest BCUT2D eigenvalue weighted by Gasteiger charge is -2.23. The highest BCUT2D eigenvalue weighted by Gasteiger charge is 2.23. The Kier molecular flexibility index (Phi) is 2.49. The molecular formula is C13H17BN2O3. The summed E-state index contributed by atoms with van der Waals surface area (Å²) in [6.45, 7) is -1.76. The Morgan fingerprint density at radius 3 is 3.05 bits per heavy atom. The third kappa shape index (κ3) is 2.16. The van der Waals surface area contributed by atoms with Crippen molar-refractivity contribution in [3.8, 4) is 0 Å². The Labute approximate surface area is 116 Å². The minimum absolute atomic E-state index is 0.0143. The summed E-state index contributed by atoms with van der Waals surface area (Å²) in [6, 6.07) is 3.05. The van der Waals surface area contributed by atoms with Gasteiger partial charge in [0.2, 0.25) is 0 Å². The first-order valence-electron chi connectivity index (χ1n) is 7.88. The molecule has 100 valence electrons. The number of aryl methyl sites for hydroxylation is 1. The molecule has 2 N–H and O–H groups in total. The molecule has 3 rings (SSSR count). The van der Waals surface area contributed by atoms with Gasteiger partial charge < -0.3 is 14.8 Å². The Bertz CT molecular complexity index is 681. The molecule has 1 atom stereocenters. The van der Waals surface area contributed by atoms with E-state index < -0.39 is 14.0 Å². The standard InChI is InChI=1S/C13H17BN2O3/c1-9-5-6-11-10(13(9)14(17)18)8-15-16(11)12-4-2-3-7-19-12/h5-6,8,12,17-18H,2-4,7H2,1H3/i1D3. The van der Waals surface area contributed by atoms with Crippen LogP contribution >= 0.6 is 0 Å². The van der Waals surface area contributed by atoms with Gasteiger partial charge in [0.15, 0.2) is 6.23 Å². The lowest BCUT2D eigenvalue weighted by atomic mass is 9.75. The van der Waals surface area contributed by atoms with Gasteiger partial charge in [-0.05, 0) is 37.6 Å². The quantitative estimate of drug-likeness (QED) is 0.783. The van der Waals surface area contributed by atoms with Crippen LogP contribution in [0, 0.1) is 6.85 Å². The van der Waals surface area contributed by atoms with E-state index in [1.54, 1.807) is 10.7 Å². The monoisotopic (exact) mass is 263 g/mol. The van der Waals surface area contributed by atoms with Gasteiger partial charge in [-0.2, -0.15) is 5.10 Å². The average Bonchev–Trinajstić information content (AvgIpc) is 2.89. The van der Waals surface area contributed by atoms with Crippen LogP contribution in [0.3, 0.4) is 0 Å². The molecule has 0 bridgehead atoms. The normalized spacial score (nSPS) is 22.8. The van der Waals surface area contributed by atoms with Crippen LogP contribution in [-0.4, -0.2) is 33.6 Å². The second-order valence-electron chi connectivity index (χ2n) is 4.74. The van der Waals surface area contributed by atoms with E-state index in [2.05, 4.69) is 5.10 Å². The van der Waals surface area contributed by atoms with Crippen molar-refractivity contribution < 1.29 is 18.9 Å². The zero-order valence-electron chi connectivity index (χ0n) is 13.4. The second kappa shape index (κ2) is 4.96. The van der Waals surface area contributed by atoms with Crippen LogP contribution in [0.4, 0.5) is 0 Å². The van der Waals surface area contributed by atoms with Crippen molar-refractivity contribution in [2.75, 3.05) is 6.61 Å². The predicted octanol–water partition coefficient (Wildman–Crippen LogP) is 0.724. The number of rotatable bonds is 2. The van der Waals surface area contributed by atoms with Crippen molar-refractivity contribution in [2.24, 2.45) is 0 Å². The molecule has 5 nitrogen and oxygen atoms in total. The fourth-order valence-electron chi connectivity index (χ4n) is 2.57. The van der Waals surface area contributed by atoms with Crippen molar-refractivity contribution in [2.45, 2.75) is 32.3 Å². The summed E-state index contributed by atoms with van der Waals surface area (Å²) < 4.78 is 30.0. The van der Waals surface area contributed by atoms with E-state index in [-0.39, 0.29) is 17.3 Å². The van der Waals surface area contributed by atoms with Gasteiger partial charge in [0, 0.05) is 16.1 Å². The molecule has 0 radical (unpaired) electrons. The second-order valence-corrected chi connectivity index (χ2v) is 4.74. The molecule has 1 aromatic heterocycles. The van der Waals surface area contributed by atoms with E-state index in [0.29, 0.717) is 17.5 Å². The van der Waals surface area contributed by atoms with E-state index in [0.717, 1.165) is 19.3 Å². The van der Waals surface area contributed by atoms with Gasteiger partial charge >= 0.3 is 7.12 Å². The molecule has 1 fully saturated rings. The summed E-state index contributed by atoms with van der Waals surface area (Å²) in [5.74, 6) is 0. The third-order valence-corrected chi connectivity index (χ3v) is 3.51. The van der Waals surface area contributed by atoms with E-state index >= 15 is 0 Å². The molecule has 0 amide bonds. The van der Waals surface area contributed by atoms with Gasteiger partial charge in [-0.25, -0.2) is 4.68 Å². The summed E-state index contributed by atoms with van der Waals surface area (Å²) in [6.07, 6.45) is 4.15. The van der Waals surface area contributed by atoms with E-state index in [1.807, 2.05) is 0 Å². The Balaban J connectivity index is 2.15. The van der Waals surface area contributed by atoms with Gasteiger partial charge in [0.05, 0.1) is 11.7 Å². The SMILES string of the molecule is [2H]C([2H])([2H])c1ccc2c(cnn2C2CCCCO2)c1B(O)O. The molecule has 1 aromatic carbocycles. The highest BCUT2D eigenvalue weighted by Crippen LogP contribution is 2.25. The number of hydrogen-bond acceptors (Lipinski definition) is 4. The molecule has 1 aliphatic heterocycles. The van der Waals surface area contributed by atoms with Crippen LogP contribution in [0.15, 0.2) is 18.3 Å². The highest BCUT2D eigenvalue weighted by molar-refractivity contribution is 6.62. The summed E-state index contributed by atoms with van der Waals surface area (Å²) >= 11 is 0. The van der Waals surface area contributed by atoms with Gasteiger partial charge in [-0.3, -0.25) is 0 Å². The number of benzene rings is 1. The van der Waals surface area contributed by atoms with Crippen LogP contribution in [0.25, 0.3) is 10.9 Å². The zero-order chi connectivity index (χ0) is 15.9. The first-order chi connectivity index (χ1) is 10.4. The smallest absolute Gasteiger partial charge is 0.423 e. The highest BCUT2D eigenvalue weighted by atomic mass is 16.5. The van der Waals surface area contributed by atoms with Crippen LogP contribution in [0.1, 0.15) is 35.2 Å².